The van der Waals surface area contributed by atoms with Gasteiger partial charge in [-0.2, -0.15) is 0 Å². The maximum absolute atomic E-state index is 13.6. The number of hydrogen-bond acceptors (Lipinski definition) is 2. The van der Waals surface area contributed by atoms with Gasteiger partial charge in [0.25, 0.3) is 0 Å². The molecule has 2 nitrogen and oxygen atoms in total. The molecular weight excluding hydrogens is 301 g/mol. The highest BCUT2D eigenvalue weighted by Crippen LogP contribution is 2.22. The van der Waals surface area contributed by atoms with E-state index in [1.807, 2.05) is 24.3 Å². The first kappa shape index (κ1) is 16.3. The van der Waals surface area contributed by atoms with E-state index in [0.29, 0.717) is 5.56 Å². The van der Waals surface area contributed by atoms with Gasteiger partial charge in [0.15, 0.2) is 0 Å². The molecule has 0 amide bonds. The molecule has 0 spiro atoms. The molecule has 0 bridgehead atoms. The average Bonchev–Trinajstić information content (AvgIpc) is 2.62. The molecular formula is C21H20FNO. The number of aliphatic hydroxyl groups excluding tert-OH is 1. The van der Waals surface area contributed by atoms with E-state index in [0.717, 1.165) is 42.8 Å². The van der Waals surface area contributed by atoms with Crippen molar-refractivity contribution in [3.63, 3.8) is 0 Å². The third kappa shape index (κ3) is 3.84. The lowest BCUT2D eigenvalue weighted by Crippen LogP contribution is -2.34. The smallest absolute Gasteiger partial charge is 0.138 e. The number of piperidine rings is 1. The van der Waals surface area contributed by atoms with Crippen molar-refractivity contribution in [2.45, 2.75) is 18.9 Å². The fourth-order valence-electron chi connectivity index (χ4n) is 2.77. The van der Waals surface area contributed by atoms with E-state index >= 15 is 0 Å². The predicted octanol–water partition coefficient (Wildman–Crippen LogP) is 3.65. The van der Waals surface area contributed by atoms with Crippen molar-refractivity contribution in [1.82, 2.24) is 4.90 Å². The molecule has 1 N–H and O–H groups in total. The maximum Gasteiger partial charge on any atom is 0.138 e. The summed E-state index contributed by atoms with van der Waals surface area (Å²) in [4.78, 5) is 2.20. The van der Waals surface area contributed by atoms with Crippen LogP contribution in [0.5, 0.6) is 0 Å². The summed E-state index contributed by atoms with van der Waals surface area (Å²) in [6.45, 7) is 5.82. The molecule has 0 aliphatic carbocycles. The molecule has 0 atom stereocenters. The second-order valence-corrected chi connectivity index (χ2v) is 5.97. The van der Waals surface area contributed by atoms with Crippen molar-refractivity contribution in [2.75, 3.05) is 13.1 Å². The van der Waals surface area contributed by atoms with Crippen molar-refractivity contribution >= 4 is 5.70 Å². The highest BCUT2D eigenvalue weighted by atomic mass is 19.1. The zero-order valence-electron chi connectivity index (χ0n) is 13.5. The standard InChI is InChI=1S/C21H20FNO/c1-16(23-14-12-20(24)13-15-23)18-9-6-17(7-10-18)8-11-19-4-2-3-5-21(19)22/h2-7,9-10,20,24H,1,12-15H2. The fraction of sp³-hybridized carbons (Fsp3) is 0.238. The minimum absolute atomic E-state index is 0.190. The van der Waals surface area contributed by atoms with Gasteiger partial charge in [-0.1, -0.05) is 42.7 Å². The molecule has 1 aliphatic rings. The normalized spacial score (nSPS) is 14.8. The SMILES string of the molecule is C=C(c1ccc(C#Cc2ccccc2F)cc1)N1CCC(O)CC1. The van der Waals surface area contributed by atoms with Gasteiger partial charge in [-0.3, -0.25) is 0 Å². The summed E-state index contributed by atoms with van der Waals surface area (Å²) in [6.07, 6.45) is 1.38. The molecule has 24 heavy (non-hydrogen) atoms. The van der Waals surface area contributed by atoms with Crippen LogP contribution < -0.4 is 0 Å². The Kier molecular flexibility index (Phi) is 4.98. The Morgan fingerprint density at radius 3 is 2.38 bits per heavy atom. The topological polar surface area (TPSA) is 23.5 Å². The Labute approximate surface area is 142 Å². The maximum atomic E-state index is 13.6. The zero-order valence-corrected chi connectivity index (χ0v) is 13.5. The summed E-state index contributed by atoms with van der Waals surface area (Å²) < 4.78 is 13.6. The van der Waals surface area contributed by atoms with Crippen molar-refractivity contribution in [2.24, 2.45) is 0 Å². The van der Waals surface area contributed by atoms with Gasteiger partial charge in [0.05, 0.1) is 11.7 Å². The number of halogens is 1. The van der Waals surface area contributed by atoms with Gasteiger partial charge in [-0.05, 0) is 42.7 Å². The monoisotopic (exact) mass is 321 g/mol. The van der Waals surface area contributed by atoms with E-state index in [1.165, 1.54) is 6.07 Å². The van der Waals surface area contributed by atoms with Crippen LogP contribution in [0.15, 0.2) is 55.1 Å². The fourth-order valence-corrected chi connectivity index (χ4v) is 2.77. The molecule has 2 aromatic rings. The number of nitrogens with zero attached hydrogens (tertiary/aromatic N) is 1. The Bertz CT molecular complexity index is 777. The van der Waals surface area contributed by atoms with Crippen LogP contribution in [0.2, 0.25) is 0 Å². The van der Waals surface area contributed by atoms with Crippen LogP contribution in [0.4, 0.5) is 4.39 Å². The van der Waals surface area contributed by atoms with Crippen LogP contribution in [-0.4, -0.2) is 29.2 Å². The molecule has 1 heterocycles. The molecule has 1 saturated heterocycles. The van der Waals surface area contributed by atoms with E-state index in [1.54, 1.807) is 18.2 Å². The lowest BCUT2D eigenvalue weighted by atomic mass is 10.0. The molecule has 3 heteroatoms. The van der Waals surface area contributed by atoms with Crippen LogP contribution in [0.25, 0.3) is 5.70 Å². The summed E-state index contributed by atoms with van der Waals surface area (Å²) in [5, 5.41) is 9.59. The van der Waals surface area contributed by atoms with Crippen molar-refractivity contribution in [3.05, 3.63) is 77.6 Å². The van der Waals surface area contributed by atoms with Crippen molar-refractivity contribution < 1.29 is 9.50 Å². The molecule has 0 unspecified atom stereocenters. The summed E-state index contributed by atoms with van der Waals surface area (Å²) >= 11 is 0. The summed E-state index contributed by atoms with van der Waals surface area (Å²) in [5.41, 5.74) is 3.25. The molecule has 0 saturated carbocycles. The van der Waals surface area contributed by atoms with Gasteiger partial charge in [-0.15, -0.1) is 0 Å². The molecule has 1 fully saturated rings. The lowest BCUT2D eigenvalue weighted by molar-refractivity contribution is 0.106. The zero-order chi connectivity index (χ0) is 16.9. The molecule has 1 aliphatic heterocycles. The highest BCUT2D eigenvalue weighted by molar-refractivity contribution is 5.63. The first-order chi connectivity index (χ1) is 11.6. The largest absolute Gasteiger partial charge is 0.393 e. The van der Waals surface area contributed by atoms with Crippen LogP contribution in [0.1, 0.15) is 29.5 Å². The minimum Gasteiger partial charge on any atom is -0.393 e. The first-order valence-corrected chi connectivity index (χ1v) is 8.12. The van der Waals surface area contributed by atoms with Gasteiger partial charge in [0.1, 0.15) is 5.82 Å². The Morgan fingerprint density at radius 1 is 1.04 bits per heavy atom. The molecule has 3 rings (SSSR count). The van der Waals surface area contributed by atoms with Gasteiger partial charge < -0.3 is 10.0 Å². The highest BCUT2D eigenvalue weighted by Gasteiger charge is 2.18. The summed E-state index contributed by atoms with van der Waals surface area (Å²) in [6, 6.07) is 14.3. The van der Waals surface area contributed by atoms with Crippen LogP contribution in [-0.2, 0) is 0 Å². The molecule has 0 radical (unpaired) electrons. The second kappa shape index (κ2) is 7.33. The average molecular weight is 321 g/mol. The number of aliphatic hydroxyl groups is 1. The van der Waals surface area contributed by atoms with Gasteiger partial charge in [0.2, 0.25) is 0 Å². The number of likely N-dealkylation sites (tertiary alicyclic amines) is 1. The van der Waals surface area contributed by atoms with Gasteiger partial charge in [0, 0.05) is 24.4 Å². The third-order valence-corrected chi connectivity index (χ3v) is 4.28. The predicted molar refractivity (Wildman–Crippen MR) is 94.7 cm³/mol. The van der Waals surface area contributed by atoms with E-state index in [-0.39, 0.29) is 11.9 Å². The van der Waals surface area contributed by atoms with E-state index in [2.05, 4.69) is 23.3 Å². The number of hydrogen-bond donors (Lipinski definition) is 1. The van der Waals surface area contributed by atoms with Crippen molar-refractivity contribution in [3.8, 4) is 11.8 Å². The molecule has 0 aromatic heterocycles. The lowest BCUT2D eigenvalue weighted by Gasteiger charge is -2.33. The number of rotatable bonds is 2. The first-order valence-electron chi connectivity index (χ1n) is 8.12. The Balaban J connectivity index is 1.70. The Hall–Kier alpha value is -2.57. The van der Waals surface area contributed by atoms with Crippen molar-refractivity contribution in [1.29, 1.82) is 0 Å². The summed E-state index contributed by atoms with van der Waals surface area (Å²) in [7, 11) is 0. The minimum atomic E-state index is -0.303. The molecule has 122 valence electrons. The third-order valence-electron chi connectivity index (χ3n) is 4.28. The Morgan fingerprint density at radius 2 is 1.71 bits per heavy atom. The van der Waals surface area contributed by atoms with Crippen LogP contribution in [0, 0.1) is 17.7 Å². The molecule has 2 aromatic carbocycles. The van der Waals surface area contributed by atoms with Crippen LogP contribution >= 0.6 is 0 Å². The van der Waals surface area contributed by atoms with E-state index in [9.17, 15) is 9.50 Å². The number of benzene rings is 2. The quantitative estimate of drug-likeness (QED) is 0.854. The van der Waals surface area contributed by atoms with E-state index in [4.69, 9.17) is 0 Å². The van der Waals surface area contributed by atoms with Crippen LogP contribution in [0.3, 0.4) is 0 Å². The van der Waals surface area contributed by atoms with E-state index < -0.39 is 0 Å². The summed E-state index contributed by atoms with van der Waals surface area (Å²) in [5.74, 6) is 5.54. The second-order valence-electron chi connectivity index (χ2n) is 5.97. The van der Waals surface area contributed by atoms with Gasteiger partial charge in [-0.25, -0.2) is 4.39 Å². The van der Waals surface area contributed by atoms with Gasteiger partial charge >= 0.3 is 0 Å².